The predicted molar refractivity (Wildman–Crippen MR) is 63.7 cm³/mol. The van der Waals surface area contributed by atoms with Gasteiger partial charge in [-0.25, -0.2) is 4.98 Å². The van der Waals surface area contributed by atoms with Crippen molar-refractivity contribution < 1.29 is 4.74 Å². The number of aromatic nitrogens is 2. The minimum Gasteiger partial charge on any atom is -0.380 e. The van der Waals surface area contributed by atoms with Crippen molar-refractivity contribution in [2.24, 2.45) is 0 Å². The van der Waals surface area contributed by atoms with E-state index in [0.717, 1.165) is 30.5 Å². The molecule has 0 saturated carbocycles. The minimum atomic E-state index is 0.356. The topological polar surface area (TPSA) is 41.1 Å². The van der Waals surface area contributed by atoms with Crippen LogP contribution in [0, 0.1) is 0 Å². The van der Waals surface area contributed by atoms with Crippen molar-refractivity contribution in [2.75, 3.05) is 25.1 Å². The van der Waals surface area contributed by atoms with E-state index in [1.165, 1.54) is 5.69 Å². The van der Waals surface area contributed by atoms with Crippen molar-refractivity contribution in [3.8, 4) is 0 Å². The number of benzene rings is 1. The quantitative estimate of drug-likeness (QED) is 0.833. The van der Waals surface area contributed by atoms with E-state index < -0.39 is 0 Å². The highest BCUT2D eigenvalue weighted by atomic mass is 16.5. The van der Waals surface area contributed by atoms with Crippen LogP contribution in [0.1, 0.15) is 6.42 Å². The number of nitrogens with one attached hydrogen (secondary N) is 1. The molecule has 1 aliphatic rings. The van der Waals surface area contributed by atoms with Crippen molar-refractivity contribution in [3.63, 3.8) is 0 Å². The Hall–Kier alpha value is -1.55. The number of hydrogen-bond acceptors (Lipinski definition) is 3. The third-order valence-corrected chi connectivity index (χ3v) is 3.25. The number of nitrogens with zero attached hydrogens (tertiary/aromatic N) is 2. The fraction of sp³-hybridized carbons (Fsp3) is 0.417. The molecule has 4 nitrogen and oxygen atoms in total. The van der Waals surface area contributed by atoms with Crippen LogP contribution in [-0.2, 0) is 4.74 Å². The Bertz CT molecular complexity index is 494. The number of aromatic amines is 1. The van der Waals surface area contributed by atoms with Gasteiger partial charge in [0.2, 0.25) is 0 Å². The van der Waals surface area contributed by atoms with Crippen LogP contribution in [0.25, 0.3) is 11.0 Å². The second-order valence-corrected chi connectivity index (χ2v) is 4.17. The van der Waals surface area contributed by atoms with Gasteiger partial charge in [-0.05, 0) is 18.6 Å². The molecule has 1 atom stereocenters. The summed E-state index contributed by atoms with van der Waals surface area (Å²) in [5.74, 6) is 0. The highest BCUT2D eigenvalue weighted by Crippen LogP contribution is 2.27. The summed E-state index contributed by atoms with van der Waals surface area (Å²) in [4.78, 5) is 9.86. The van der Waals surface area contributed by atoms with Gasteiger partial charge in [0.1, 0.15) is 5.52 Å². The number of para-hydroxylation sites is 1. The molecule has 1 aliphatic heterocycles. The van der Waals surface area contributed by atoms with Crippen LogP contribution in [0.2, 0.25) is 0 Å². The maximum Gasteiger partial charge on any atom is 0.112 e. The molecule has 1 N–H and O–H groups in total. The van der Waals surface area contributed by atoms with Gasteiger partial charge in [-0.1, -0.05) is 6.07 Å². The zero-order chi connectivity index (χ0) is 11.0. The normalized spacial score (nSPS) is 20.8. The third kappa shape index (κ3) is 1.46. The maximum absolute atomic E-state index is 5.39. The van der Waals surface area contributed by atoms with Gasteiger partial charge in [0.15, 0.2) is 0 Å². The molecule has 16 heavy (non-hydrogen) atoms. The summed E-state index contributed by atoms with van der Waals surface area (Å²) in [5, 5.41) is 0. The molecule has 1 fully saturated rings. The molecular formula is C12H15N3O. The molecule has 0 bridgehead atoms. The van der Waals surface area contributed by atoms with Crippen LogP contribution in [0.4, 0.5) is 5.69 Å². The van der Waals surface area contributed by atoms with Gasteiger partial charge >= 0.3 is 0 Å². The predicted octanol–water partition coefficient (Wildman–Crippen LogP) is 1.79. The maximum atomic E-state index is 5.39. The first-order valence-electron chi connectivity index (χ1n) is 5.58. The highest BCUT2D eigenvalue weighted by Gasteiger charge is 2.23. The second-order valence-electron chi connectivity index (χ2n) is 4.17. The van der Waals surface area contributed by atoms with E-state index in [-0.39, 0.29) is 0 Å². The monoisotopic (exact) mass is 217 g/mol. The Labute approximate surface area is 94.2 Å². The molecule has 0 unspecified atom stereocenters. The summed E-state index contributed by atoms with van der Waals surface area (Å²) in [5.41, 5.74) is 3.36. The van der Waals surface area contributed by atoms with E-state index >= 15 is 0 Å². The van der Waals surface area contributed by atoms with Crippen LogP contribution >= 0.6 is 0 Å². The number of fused-ring (bicyclic) bond motifs is 1. The first-order valence-corrected chi connectivity index (χ1v) is 5.58. The molecule has 0 amide bonds. The van der Waals surface area contributed by atoms with Crippen LogP contribution in [0.5, 0.6) is 0 Å². The summed E-state index contributed by atoms with van der Waals surface area (Å²) in [6, 6.07) is 6.24. The first kappa shape index (κ1) is 9.66. The van der Waals surface area contributed by atoms with Crippen molar-refractivity contribution >= 4 is 16.7 Å². The SMILES string of the molecule is CO[C@@H]1CCN(c2cccc3[nH]cnc23)C1. The fourth-order valence-electron chi connectivity index (χ4n) is 2.34. The third-order valence-electron chi connectivity index (χ3n) is 3.25. The molecule has 0 radical (unpaired) electrons. The Morgan fingerprint density at radius 2 is 2.44 bits per heavy atom. The van der Waals surface area contributed by atoms with Gasteiger partial charge in [-0.3, -0.25) is 0 Å². The molecule has 1 aromatic heterocycles. The van der Waals surface area contributed by atoms with Crippen molar-refractivity contribution in [2.45, 2.75) is 12.5 Å². The summed E-state index contributed by atoms with van der Waals surface area (Å²) >= 11 is 0. The van der Waals surface area contributed by atoms with Gasteiger partial charge in [-0.15, -0.1) is 0 Å². The Morgan fingerprint density at radius 3 is 3.25 bits per heavy atom. The molecule has 1 aromatic carbocycles. The fourth-order valence-corrected chi connectivity index (χ4v) is 2.34. The summed E-state index contributed by atoms with van der Waals surface area (Å²) in [6.07, 6.45) is 3.20. The smallest absolute Gasteiger partial charge is 0.112 e. The largest absolute Gasteiger partial charge is 0.380 e. The Morgan fingerprint density at radius 1 is 1.50 bits per heavy atom. The van der Waals surface area contributed by atoms with Gasteiger partial charge < -0.3 is 14.6 Å². The lowest BCUT2D eigenvalue weighted by molar-refractivity contribution is 0.121. The first-order chi connectivity index (χ1) is 7.88. The summed E-state index contributed by atoms with van der Waals surface area (Å²) in [6.45, 7) is 2.01. The van der Waals surface area contributed by atoms with Gasteiger partial charge in [-0.2, -0.15) is 0 Å². The number of methoxy groups -OCH3 is 1. The van der Waals surface area contributed by atoms with E-state index in [1.807, 2.05) is 0 Å². The number of ether oxygens (including phenoxy) is 1. The van der Waals surface area contributed by atoms with Crippen LogP contribution in [0.15, 0.2) is 24.5 Å². The molecule has 4 heteroatoms. The molecule has 1 saturated heterocycles. The standard InChI is InChI=1S/C12H15N3O/c1-16-9-5-6-15(7-9)11-4-2-3-10-12(11)14-8-13-10/h2-4,8-9H,5-7H2,1H3,(H,13,14)/t9-/m1/s1. The van der Waals surface area contributed by atoms with E-state index in [4.69, 9.17) is 4.74 Å². The van der Waals surface area contributed by atoms with Crippen molar-refractivity contribution in [1.29, 1.82) is 0 Å². The number of rotatable bonds is 2. The number of hydrogen-bond donors (Lipinski definition) is 1. The van der Waals surface area contributed by atoms with Crippen molar-refractivity contribution in [1.82, 2.24) is 9.97 Å². The average Bonchev–Trinajstić information content (AvgIpc) is 2.97. The summed E-state index contributed by atoms with van der Waals surface area (Å²) < 4.78 is 5.39. The Balaban J connectivity index is 1.97. The molecule has 2 heterocycles. The number of H-pyrrole nitrogens is 1. The zero-order valence-corrected chi connectivity index (χ0v) is 9.31. The average molecular weight is 217 g/mol. The van der Waals surface area contributed by atoms with Crippen LogP contribution < -0.4 is 4.90 Å². The molecule has 0 aliphatic carbocycles. The molecular weight excluding hydrogens is 202 g/mol. The molecule has 0 spiro atoms. The van der Waals surface area contributed by atoms with E-state index in [0.29, 0.717) is 6.10 Å². The Kier molecular flexibility index (Phi) is 2.29. The van der Waals surface area contributed by atoms with Gasteiger partial charge in [0.25, 0.3) is 0 Å². The van der Waals surface area contributed by atoms with Crippen LogP contribution in [-0.4, -0.2) is 36.3 Å². The lowest BCUT2D eigenvalue weighted by Gasteiger charge is -2.18. The summed E-state index contributed by atoms with van der Waals surface area (Å²) in [7, 11) is 1.78. The van der Waals surface area contributed by atoms with E-state index in [2.05, 4.69) is 33.1 Å². The lowest BCUT2D eigenvalue weighted by atomic mass is 10.2. The molecule has 2 aromatic rings. The van der Waals surface area contributed by atoms with E-state index in [9.17, 15) is 0 Å². The van der Waals surface area contributed by atoms with E-state index in [1.54, 1.807) is 13.4 Å². The number of imidazole rings is 1. The van der Waals surface area contributed by atoms with Crippen molar-refractivity contribution in [3.05, 3.63) is 24.5 Å². The minimum absolute atomic E-state index is 0.356. The van der Waals surface area contributed by atoms with Gasteiger partial charge in [0, 0.05) is 20.2 Å². The zero-order valence-electron chi connectivity index (χ0n) is 9.31. The number of anilines is 1. The molecule has 3 rings (SSSR count). The molecule has 84 valence electrons. The van der Waals surface area contributed by atoms with Crippen LogP contribution in [0.3, 0.4) is 0 Å². The highest BCUT2D eigenvalue weighted by molar-refractivity contribution is 5.88. The lowest BCUT2D eigenvalue weighted by Crippen LogP contribution is -2.22. The second kappa shape index (κ2) is 3.79. The van der Waals surface area contributed by atoms with Gasteiger partial charge in [0.05, 0.1) is 23.6 Å².